The molecule has 0 fully saturated rings. The average molecular weight is 409 g/mol. The van der Waals surface area contributed by atoms with E-state index in [2.05, 4.69) is 30.3 Å². The van der Waals surface area contributed by atoms with E-state index < -0.39 is 11.8 Å². The summed E-state index contributed by atoms with van der Waals surface area (Å²) in [6.45, 7) is 5.47. The van der Waals surface area contributed by atoms with Gasteiger partial charge in [-0.1, -0.05) is 18.2 Å². The van der Waals surface area contributed by atoms with Crippen molar-refractivity contribution in [1.82, 2.24) is 0 Å². The second-order valence-corrected chi connectivity index (χ2v) is 9.05. The maximum atomic E-state index is 11.8. The molecule has 0 unspecified atom stereocenters. The fourth-order valence-corrected chi connectivity index (χ4v) is 5.04. The fourth-order valence-electron chi connectivity index (χ4n) is 2.26. The van der Waals surface area contributed by atoms with E-state index in [9.17, 15) is 4.79 Å². The molecule has 0 amide bonds. The first-order chi connectivity index (χ1) is 10.4. The first-order valence-electron chi connectivity index (χ1n) is 7.17. The predicted octanol–water partition coefficient (Wildman–Crippen LogP) is 1.03. The average Bonchev–Trinajstić information content (AvgIpc) is 2.43. The highest BCUT2D eigenvalue weighted by Crippen LogP contribution is 2.20. The molecule has 3 nitrogen and oxygen atoms in total. The van der Waals surface area contributed by atoms with Gasteiger partial charge in [-0.25, -0.2) is 4.79 Å². The van der Waals surface area contributed by atoms with Crippen molar-refractivity contribution in [1.29, 1.82) is 0 Å². The van der Waals surface area contributed by atoms with E-state index >= 15 is 0 Å². The lowest BCUT2D eigenvalue weighted by Crippen LogP contribution is -3.62. The van der Waals surface area contributed by atoms with Crippen LogP contribution in [0.1, 0.15) is 31.9 Å². The summed E-state index contributed by atoms with van der Waals surface area (Å²) in [6.07, 6.45) is 0.245. The molecule has 1 heterocycles. The van der Waals surface area contributed by atoms with Crippen LogP contribution in [-0.4, -0.2) is 11.8 Å². The van der Waals surface area contributed by atoms with Gasteiger partial charge < -0.3 is 9.47 Å². The summed E-state index contributed by atoms with van der Waals surface area (Å²) in [5.74, 6) is 0.552. The number of hydrogen-bond donors (Lipinski definition) is 0. The van der Waals surface area contributed by atoms with Crippen LogP contribution in [0, 0.1) is 7.14 Å². The van der Waals surface area contributed by atoms with Crippen LogP contribution in [0.5, 0.6) is 5.75 Å². The molecule has 2 aromatic rings. The van der Waals surface area contributed by atoms with Gasteiger partial charge in [0.2, 0.25) is 0 Å². The summed E-state index contributed by atoms with van der Waals surface area (Å²) in [5, 5.41) is 0. The Morgan fingerprint density at radius 2 is 1.77 bits per heavy atom. The SMILES string of the molecule is CC(C)(C)OC(=O)Oc1ccc2c(c1)Cc1ccccc1[I+]2. The van der Waals surface area contributed by atoms with Gasteiger partial charge in [0.25, 0.3) is 0 Å². The summed E-state index contributed by atoms with van der Waals surface area (Å²) >= 11 is -0.153. The summed E-state index contributed by atoms with van der Waals surface area (Å²) in [7, 11) is 0. The largest absolute Gasteiger partial charge is 0.514 e. The summed E-state index contributed by atoms with van der Waals surface area (Å²) in [4.78, 5) is 11.8. The van der Waals surface area contributed by atoms with Gasteiger partial charge in [0, 0.05) is 17.5 Å². The van der Waals surface area contributed by atoms with Gasteiger partial charge in [0.15, 0.2) is 7.14 Å². The van der Waals surface area contributed by atoms with Crippen molar-refractivity contribution in [3.63, 3.8) is 0 Å². The number of benzene rings is 2. The van der Waals surface area contributed by atoms with Crippen molar-refractivity contribution in [3.8, 4) is 5.75 Å². The molecule has 0 saturated heterocycles. The van der Waals surface area contributed by atoms with Gasteiger partial charge in [0.1, 0.15) is 11.4 Å². The van der Waals surface area contributed by atoms with E-state index in [1.165, 1.54) is 18.3 Å². The summed E-state index contributed by atoms with van der Waals surface area (Å²) in [5.41, 5.74) is 2.10. The molecular formula is C18H18IO3+. The van der Waals surface area contributed by atoms with Gasteiger partial charge >= 0.3 is 27.4 Å². The number of halogens is 1. The van der Waals surface area contributed by atoms with Crippen molar-refractivity contribution in [2.75, 3.05) is 0 Å². The number of carbonyl (C=O) groups excluding carboxylic acids is 1. The minimum absolute atomic E-state index is 0.153. The molecule has 3 rings (SSSR count). The normalized spacial score (nSPS) is 13.0. The second kappa shape index (κ2) is 5.91. The summed E-state index contributed by atoms with van der Waals surface area (Å²) < 4.78 is 13.4. The third-order valence-electron chi connectivity index (χ3n) is 3.15. The van der Waals surface area contributed by atoms with Crippen LogP contribution in [-0.2, 0) is 11.2 Å². The zero-order chi connectivity index (χ0) is 15.7. The highest BCUT2D eigenvalue weighted by atomic mass is 127. The van der Waals surface area contributed by atoms with Gasteiger partial charge in [-0.05, 0) is 45.0 Å². The zero-order valence-electron chi connectivity index (χ0n) is 12.9. The third-order valence-corrected chi connectivity index (χ3v) is 6.42. The minimum Gasteiger partial charge on any atom is -0.428 e. The predicted molar refractivity (Wildman–Crippen MR) is 79.9 cm³/mol. The topological polar surface area (TPSA) is 35.5 Å². The lowest BCUT2D eigenvalue weighted by Gasteiger charge is -2.19. The monoisotopic (exact) mass is 409 g/mol. The van der Waals surface area contributed by atoms with E-state index in [0.29, 0.717) is 5.75 Å². The molecule has 1 aliphatic heterocycles. The highest BCUT2D eigenvalue weighted by molar-refractivity contribution is 5.64. The molecule has 4 heteroatoms. The number of carbonyl (C=O) groups is 1. The van der Waals surface area contributed by atoms with Crippen LogP contribution < -0.4 is 25.9 Å². The quantitative estimate of drug-likeness (QED) is 0.342. The maximum Gasteiger partial charge on any atom is 0.514 e. The van der Waals surface area contributed by atoms with Crippen LogP contribution in [0.15, 0.2) is 42.5 Å². The Bertz CT molecular complexity index is 717. The molecule has 0 saturated carbocycles. The van der Waals surface area contributed by atoms with Crippen molar-refractivity contribution in [3.05, 3.63) is 60.7 Å². The molecule has 0 N–H and O–H groups in total. The van der Waals surface area contributed by atoms with E-state index in [-0.39, 0.29) is 21.2 Å². The molecule has 22 heavy (non-hydrogen) atoms. The van der Waals surface area contributed by atoms with Crippen molar-refractivity contribution >= 4 is 6.16 Å². The van der Waals surface area contributed by atoms with Crippen LogP contribution in [0.4, 0.5) is 4.79 Å². The standard InChI is InChI=1S/C18H18IO3/c1-18(2,3)22-17(20)21-14-8-9-16-13(11-14)10-12-6-4-5-7-15(12)19-16/h4-9,11H,10H2,1-3H3/q+1. The van der Waals surface area contributed by atoms with E-state index in [1.807, 2.05) is 32.9 Å². The highest BCUT2D eigenvalue weighted by Gasteiger charge is 2.29. The van der Waals surface area contributed by atoms with Gasteiger partial charge in [0.05, 0.1) is 0 Å². The lowest BCUT2D eigenvalue weighted by atomic mass is 10.0. The molecule has 0 spiro atoms. The summed E-state index contributed by atoms with van der Waals surface area (Å²) in [6, 6.07) is 14.5. The number of fused-ring (bicyclic) bond motifs is 2. The smallest absolute Gasteiger partial charge is 0.428 e. The Labute approximate surface area is 140 Å². The van der Waals surface area contributed by atoms with Crippen LogP contribution >= 0.6 is 0 Å². The molecule has 114 valence electrons. The van der Waals surface area contributed by atoms with E-state index in [4.69, 9.17) is 9.47 Å². The van der Waals surface area contributed by atoms with Gasteiger partial charge in [-0.15, -0.1) is 0 Å². The fraction of sp³-hybridized carbons (Fsp3) is 0.278. The Morgan fingerprint density at radius 3 is 2.55 bits per heavy atom. The number of ether oxygens (including phenoxy) is 2. The first kappa shape index (κ1) is 15.3. The second-order valence-electron chi connectivity index (χ2n) is 6.18. The maximum absolute atomic E-state index is 11.8. The Hall–Kier alpha value is -1.56. The molecule has 0 aromatic heterocycles. The van der Waals surface area contributed by atoms with Gasteiger partial charge in [-0.2, -0.15) is 0 Å². The number of rotatable bonds is 1. The first-order valence-corrected chi connectivity index (χ1v) is 9.33. The zero-order valence-corrected chi connectivity index (χ0v) is 15.0. The van der Waals surface area contributed by atoms with E-state index in [1.54, 1.807) is 0 Å². The minimum atomic E-state index is -0.654. The molecule has 0 radical (unpaired) electrons. The Morgan fingerprint density at radius 1 is 1.05 bits per heavy atom. The van der Waals surface area contributed by atoms with Crippen molar-refractivity contribution < 1.29 is 35.5 Å². The lowest BCUT2D eigenvalue weighted by molar-refractivity contribution is -0.601. The van der Waals surface area contributed by atoms with E-state index in [0.717, 1.165) is 6.42 Å². The molecule has 1 aliphatic rings. The van der Waals surface area contributed by atoms with Crippen LogP contribution in [0.25, 0.3) is 0 Å². The molecule has 2 aromatic carbocycles. The molecule has 0 aliphatic carbocycles. The number of hydrogen-bond acceptors (Lipinski definition) is 3. The Kier molecular flexibility index (Phi) is 4.12. The van der Waals surface area contributed by atoms with Crippen LogP contribution in [0.2, 0.25) is 0 Å². The molecular weight excluding hydrogens is 391 g/mol. The van der Waals surface area contributed by atoms with Crippen LogP contribution in [0.3, 0.4) is 0 Å². The van der Waals surface area contributed by atoms with Crippen molar-refractivity contribution in [2.24, 2.45) is 0 Å². The molecule has 0 bridgehead atoms. The van der Waals surface area contributed by atoms with Crippen molar-refractivity contribution in [2.45, 2.75) is 32.8 Å². The van der Waals surface area contributed by atoms with Gasteiger partial charge in [-0.3, -0.25) is 0 Å². The third kappa shape index (κ3) is 3.61. The molecule has 0 atom stereocenters. The Balaban J connectivity index is 1.77.